The maximum Gasteiger partial charge on any atom is 0.0786 e. The highest BCUT2D eigenvalue weighted by Gasteiger charge is 2.38. The summed E-state index contributed by atoms with van der Waals surface area (Å²) in [6, 6.07) is 21.4. The van der Waals surface area contributed by atoms with E-state index < -0.39 is 0 Å². The van der Waals surface area contributed by atoms with Gasteiger partial charge in [0, 0.05) is 19.0 Å². The molecule has 0 radical (unpaired) electrons. The molecule has 1 saturated heterocycles. The first-order valence-electron chi connectivity index (χ1n) is 8.14. The van der Waals surface area contributed by atoms with E-state index in [0.717, 1.165) is 13.1 Å². The van der Waals surface area contributed by atoms with Crippen LogP contribution in [0.1, 0.15) is 17.2 Å². The molecule has 23 heavy (non-hydrogen) atoms. The number of nitrogens with zero attached hydrogens (tertiary/aromatic N) is 2. The summed E-state index contributed by atoms with van der Waals surface area (Å²) < 4.78 is 0. The number of hydrazone groups is 1. The largest absolute Gasteiger partial charge is 0.302 e. The van der Waals surface area contributed by atoms with Gasteiger partial charge >= 0.3 is 0 Å². The lowest BCUT2D eigenvalue weighted by Gasteiger charge is -2.32. The van der Waals surface area contributed by atoms with Crippen LogP contribution in [0.2, 0.25) is 0 Å². The van der Waals surface area contributed by atoms with E-state index in [1.807, 2.05) is 0 Å². The minimum atomic E-state index is 0.271. The Morgan fingerprint density at radius 2 is 1.74 bits per heavy atom. The fourth-order valence-corrected chi connectivity index (χ4v) is 3.58. The van der Waals surface area contributed by atoms with Gasteiger partial charge in [0.15, 0.2) is 0 Å². The fourth-order valence-electron chi connectivity index (χ4n) is 3.58. The summed E-state index contributed by atoms with van der Waals surface area (Å²) in [7, 11) is 2.19. The molecule has 0 aromatic heterocycles. The van der Waals surface area contributed by atoms with E-state index in [4.69, 9.17) is 5.10 Å². The van der Waals surface area contributed by atoms with Crippen LogP contribution in [-0.4, -0.2) is 30.7 Å². The van der Waals surface area contributed by atoms with Crippen molar-refractivity contribution in [3.8, 4) is 0 Å². The molecule has 2 aromatic rings. The monoisotopic (exact) mass is 303 g/mol. The van der Waals surface area contributed by atoms with Crippen LogP contribution in [0.5, 0.6) is 0 Å². The molecule has 1 fully saturated rings. The van der Waals surface area contributed by atoms with E-state index in [0.29, 0.717) is 5.92 Å². The fraction of sp³-hybridized carbons (Fsp3) is 0.250. The lowest BCUT2D eigenvalue weighted by molar-refractivity contribution is 0.295. The van der Waals surface area contributed by atoms with Gasteiger partial charge in [0.1, 0.15) is 0 Å². The summed E-state index contributed by atoms with van der Waals surface area (Å²) in [5, 5.41) is 4.70. The number of nitrogens with one attached hydrogen (secondary N) is 1. The first-order chi connectivity index (χ1) is 11.3. The van der Waals surface area contributed by atoms with E-state index in [1.165, 1.54) is 22.4 Å². The molecule has 2 aliphatic heterocycles. The predicted molar refractivity (Wildman–Crippen MR) is 95.2 cm³/mol. The zero-order valence-corrected chi connectivity index (χ0v) is 13.3. The Kier molecular flexibility index (Phi) is 3.72. The van der Waals surface area contributed by atoms with Crippen LogP contribution in [0.25, 0.3) is 6.08 Å². The Morgan fingerprint density at radius 1 is 1.04 bits per heavy atom. The summed E-state index contributed by atoms with van der Waals surface area (Å²) in [6.45, 7) is 1.99. The number of fused-ring (bicyclic) bond motifs is 1. The van der Waals surface area contributed by atoms with E-state index in [9.17, 15) is 0 Å². The molecule has 3 nitrogen and oxygen atoms in total. The summed E-state index contributed by atoms with van der Waals surface area (Å²) in [5.74, 6) is 0.408. The van der Waals surface area contributed by atoms with Gasteiger partial charge in [0.2, 0.25) is 0 Å². The van der Waals surface area contributed by atoms with E-state index in [-0.39, 0.29) is 6.04 Å². The van der Waals surface area contributed by atoms with Crippen molar-refractivity contribution in [2.24, 2.45) is 11.0 Å². The molecule has 0 saturated carbocycles. The van der Waals surface area contributed by atoms with Gasteiger partial charge in [0.05, 0.1) is 11.8 Å². The quantitative estimate of drug-likeness (QED) is 0.921. The number of hydrogen-bond acceptors (Lipinski definition) is 3. The summed E-state index contributed by atoms with van der Waals surface area (Å²) in [5.41, 5.74) is 8.46. The maximum absolute atomic E-state index is 4.70. The van der Waals surface area contributed by atoms with Crippen LogP contribution in [-0.2, 0) is 0 Å². The van der Waals surface area contributed by atoms with Crippen LogP contribution in [0, 0.1) is 5.92 Å². The van der Waals surface area contributed by atoms with Gasteiger partial charge in [-0.15, -0.1) is 0 Å². The third-order valence-electron chi connectivity index (χ3n) is 4.65. The Balaban J connectivity index is 1.66. The normalized spacial score (nSPS) is 25.8. The number of likely N-dealkylation sites (N-methyl/N-ethyl adjacent to an activating group) is 1. The van der Waals surface area contributed by atoms with Crippen molar-refractivity contribution >= 4 is 11.8 Å². The van der Waals surface area contributed by atoms with Crippen LogP contribution >= 0.6 is 0 Å². The summed E-state index contributed by atoms with van der Waals surface area (Å²) in [4.78, 5) is 2.39. The van der Waals surface area contributed by atoms with Crippen molar-refractivity contribution in [3.63, 3.8) is 0 Å². The SMILES string of the molecule is CN1C/C(=C\c2ccccc2)C2=NNC(c3ccccc3)C2C1. The van der Waals surface area contributed by atoms with E-state index >= 15 is 0 Å². The van der Waals surface area contributed by atoms with Crippen LogP contribution < -0.4 is 5.43 Å². The molecule has 0 amide bonds. The highest BCUT2D eigenvalue weighted by molar-refractivity contribution is 6.07. The standard InChI is InChI=1S/C20H21N3/c1-23-13-17(12-15-8-4-2-5-9-15)20-18(14-23)19(21-22-20)16-10-6-3-7-11-16/h2-12,18-19,21H,13-14H2,1H3/b17-12+. The number of likely N-dealkylation sites (tertiary alicyclic amines) is 1. The molecule has 2 unspecified atom stereocenters. The van der Waals surface area contributed by atoms with Crippen molar-refractivity contribution in [2.45, 2.75) is 6.04 Å². The number of benzene rings is 2. The van der Waals surface area contributed by atoms with Crippen molar-refractivity contribution in [2.75, 3.05) is 20.1 Å². The summed E-state index contributed by atoms with van der Waals surface area (Å²) >= 11 is 0. The van der Waals surface area contributed by atoms with Gasteiger partial charge in [-0.25, -0.2) is 0 Å². The second-order valence-electron chi connectivity index (χ2n) is 6.40. The van der Waals surface area contributed by atoms with Gasteiger partial charge in [0.25, 0.3) is 0 Å². The lowest BCUT2D eigenvalue weighted by Crippen LogP contribution is -2.41. The third kappa shape index (κ3) is 2.80. The maximum atomic E-state index is 4.70. The smallest absolute Gasteiger partial charge is 0.0786 e. The molecule has 3 heteroatoms. The summed E-state index contributed by atoms with van der Waals surface area (Å²) in [6.07, 6.45) is 2.27. The molecule has 2 aromatic carbocycles. The average molecular weight is 303 g/mol. The van der Waals surface area contributed by atoms with Crippen molar-refractivity contribution in [1.82, 2.24) is 10.3 Å². The molecule has 0 bridgehead atoms. The Morgan fingerprint density at radius 3 is 2.48 bits per heavy atom. The first-order valence-corrected chi connectivity index (χ1v) is 8.14. The van der Waals surface area contributed by atoms with Gasteiger partial charge in [-0.2, -0.15) is 5.10 Å². The zero-order chi connectivity index (χ0) is 15.6. The van der Waals surface area contributed by atoms with Crippen LogP contribution in [0.4, 0.5) is 0 Å². The predicted octanol–water partition coefficient (Wildman–Crippen LogP) is 3.33. The second-order valence-corrected chi connectivity index (χ2v) is 6.40. The molecule has 4 rings (SSSR count). The number of hydrogen-bond donors (Lipinski definition) is 1. The molecule has 0 aliphatic carbocycles. The highest BCUT2D eigenvalue weighted by atomic mass is 15.4. The Labute approximate surface area is 137 Å². The molecule has 2 atom stereocenters. The molecule has 0 spiro atoms. The third-order valence-corrected chi connectivity index (χ3v) is 4.65. The Hall–Kier alpha value is -2.39. The van der Waals surface area contributed by atoms with Crippen LogP contribution in [0.3, 0.4) is 0 Å². The highest BCUT2D eigenvalue weighted by Crippen LogP contribution is 2.34. The minimum absolute atomic E-state index is 0.271. The molecule has 1 N–H and O–H groups in total. The molecule has 116 valence electrons. The first kappa shape index (κ1) is 14.2. The average Bonchev–Trinajstić information content (AvgIpc) is 3.00. The van der Waals surface area contributed by atoms with Gasteiger partial charge in [-0.3, -0.25) is 0 Å². The molecular weight excluding hydrogens is 282 g/mol. The second kappa shape index (κ2) is 6.01. The van der Waals surface area contributed by atoms with Gasteiger partial charge < -0.3 is 10.3 Å². The lowest BCUT2D eigenvalue weighted by atomic mass is 9.84. The number of rotatable bonds is 2. The van der Waals surface area contributed by atoms with Crippen LogP contribution in [0.15, 0.2) is 71.3 Å². The zero-order valence-electron chi connectivity index (χ0n) is 13.3. The number of piperidine rings is 1. The van der Waals surface area contributed by atoms with Gasteiger partial charge in [-0.05, 0) is 29.8 Å². The van der Waals surface area contributed by atoms with Crippen molar-refractivity contribution in [3.05, 3.63) is 77.4 Å². The Bertz CT molecular complexity index is 734. The van der Waals surface area contributed by atoms with E-state index in [1.54, 1.807) is 0 Å². The van der Waals surface area contributed by atoms with Crippen molar-refractivity contribution in [1.29, 1.82) is 0 Å². The molecular formula is C20H21N3. The molecule has 2 aliphatic rings. The topological polar surface area (TPSA) is 27.6 Å². The van der Waals surface area contributed by atoms with Gasteiger partial charge in [-0.1, -0.05) is 60.7 Å². The van der Waals surface area contributed by atoms with Crippen molar-refractivity contribution < 1.29 is 0 Å². The molecule has 2 heterocycles. The van der Waals surface area contributed by atoms with E-state index in [2.05, 4.69) is 84.1 Å². The minimum Gasteiger partial charge on any atom is -0.302 e.